The molecular formula is C25H27ClN4O. The van der Waals surface area contributed by atoms with Crippen LogP contribution in [-0.4, -0.2) is 30.0 Å². The van der Waals surface area contributed by atoms with Gasteiger partial charge in [-0.25, -0.2) is 0 Å². The zero-order chi connectivity index (χ0) is 21.6. The quantitative estimate of drug-likeness (QED) is 0.552. The molecule has 1 amide bonds. The largest absolute Gasteiger partial charge is 0.371 e. The first-order chi connectivity index (χ1) is 15.1. The van der Waals surface area contributed by atoms with E-state index in [9.17, 15) is 4.79 Å². The zero-order valence-electron chi connectivity index (χ0n) is 17.6. The van der Waals surface area contributed by atoms with Crippen LogP contribution < -0.4 is 15.5 Å². The molecule has 5 nitrogen and oxygen atoms in total. The van der Waals surface area contributed by atoms with Crippen molar-refractivity contribution in [3.05, 3.63) is 89.2 Å². The van der Waals surface area contributed by atoms with Crippen LogP contribution in [-0.2, 0) is 0 Å². The fourth-order valence-corrected chi connectivity index (χ4v) is 4.12. The number of nitrogens with one attached hydrogen (secondary N) is 2. The molecule has 0 spiro atoms. The molecule has 1 saturated heterocycles. The SMILES string of the molecule is C[C@@H](NC1CCN(c2cccc(NC(=O)c3ccncc3)c2)CC1)c1ccc(Cl)cc1. The van der Waals surface area contributed by atoms with Crippen LogP contribution in [0.1, 0.15) is 41.7 Å². The summed E-state index contributed by atoms with van der Waals surface area (Å²) in [7, 11) is 0. The van der Waals surface area contributed by atoms with E-state index in [0.717, 1.165) is 42.3 Å². The second-order valence-electron chi connectivity index (χ2n) is 7.94. The van der Waals surface area contributed by atoms with E-state index in [1.807, 2.05) is 30.3 Å². The van der Waals surface area contributed by atoms with Crippen molar-refractivity contribution in [2.45, 2.75) is 31.8 Å². The molecule has 0 aliphatic carbocycles. The first-order valence-corrected chi connectivity index (χ1v) is 11.0. The number of halogens is 1. The molecule has 1 aliphatic rings. The molecule has 1 fully saturated rings. The number of hydrogen-bond acceptors (Lipinski definition) is 4. The first-order valence-electron chi connectivity index (χ1n) is 10.7. The van der Waals surface area contributed by atoms with E-state index in [1.54, 1.807) is 24.5 Å². The van der Waals surface area contributed by atoms with Gasteiger partial charge in [0.05, 0.1) is 0 Å². The summed E-state index contributed by atoms with van der Waals surface area (Å²) in [4.78, 5) is 18.8. The van der Waals surface area contributed by atoms with Crippen LogP contribution in [0.15, 0.2) is 73.1 Å². The summed E-state index contributed by atoms with van der Waals surface area (Å²) < 4.78 is 0. The van der Waals surface area contributed by atoms with E-state index in [1.165, 1.54) is 5.56 Å². The van der Waals surface area contributed by atoms with Crippen molar-refractivity contribution in [1.29, 1.82) is 0 Å². The normalized spacial score (nSPS) is 15.5. The molecule has 2 N–H and O–H groups in total. The summed E-state index contributed by atoms with van der Waals surface area (Å²) in [6, 6.07) is 20.3. The number of rotatable bonds is 6. The van der Waals surface area contributed by atoms with Gasteiger partial charge in [-0.2, -0.15) is 0 Å². The molecular weight excluding hydrogens is 408 g/mol. The van der Waals surface area contributed by atoms with Crippen molar-refractivity contribution >= 4 is 28.9 Å². The molecule has 6 heteroatoms. The Kier molecular flexibility index (Phi) is 6.85. The van der Waals surface area contributed by atoms with Gasteiger partial charge < -0.3 is 15.5 Å². The smallest absolute Gasteiger partial charge is 0.255 e. The number of carbonyl (C=O) groups excluding carboxylic acids is 1. The highest BCUT2D eigenvalue weighted by Gasteiger charge is 2.21. The van der Waals surface area contributed by atoms with E-state index < -0.39 is 0 Å². The Hall–Kier alpha value is -2.89. The maximum Gasteiger partial charge on any atom is 0.255 e. The monoisotopic (exact) mass is 434 g/mol. The number of amides is 1. The van der Waals surface area contributed by atoms with Gasteiger partial charge in [0.1, 0.15) is 0 Å². The average Bonchev–Trinajstić information content (AvgIpc) is 2.81. The fraction of sp³-hybridized carbons (Fsp3) is 0.280. The number of nitrogens with zero attached hydrogens (tertiary/aromatic N) is 2. The first kappa shape index (κ1) is 21.3. The van der Waals surface area contributed by atoms with Crippen LogP contribution in [0.25, 0.3) is 0 Å². The third-order valence-corrected chi connectivity index (χ3v) is 6.01. The number of hydrogen-bond donors (Lipinski definition) is 2. The maximum absolute atomic E-state index is 12.4. The number of benzene rings is 2. The van der Waals surface area contributed by atoms with Crippen LogP contribution in [0.4, 0.5) is 11.4 Å². The number of anilines is 2. The van der Waals surface area contributed by atoms with Gasteiger partial charge in [0.15, 0.2) is 0 Å². The van der Waals surface area contributed by atoms with Crippen molar-refractivity contribution in [1.82, 2.24) is 10.3 Å². The van der Waals surface area contributed by atoms with Crippen LogP contribution in [0.3, 0.4) is 0 Å². The lowest BCUT2D eigenvalue weighted by Crippen LogP contribution is -2.43. The molecule has 0 saturated carbocycles. The molecule has 31 heavy (non-hydrogen) atoms. The van der Waals surface area contributed by atoms with Crippen molar-refractivity contribution < 1.29 is 4.79 Å². The highest BCUT2D eigenvalue weighted by molar-refractivity contribution is 6.30. The van der Waals surface area contributed by atoms with Gasteiger partial charge >= 0.3 is 0 Å². The van der Waals surface area contributed by atoms with Gasteiger partial charge in [-0.3, -0.25) is 9.78 Å². The predicted molar refractivity (Wildman–Crippen MR) is 127 cm³/mol. The van der Waals surface area contributed by atoms with Crippen LogP contribution in [0.5, 0.6) is 0 Å². The molecule has 0 bridgehead atoms. The minimum Gasteiger partial charge on any atom is -0.371 e. The maximum atomic E-state index is 12.4. The molecule has 1 aliphatic heterocycles. The van der Waals surface area contributed by atoms with Crippen molar-refractivity contribution in [2.75, 3.05) is 23.3 Å². The topological polar surface area (TPSA) is 57.3 Å². The van der Waals surface area contributed by atoms with Crippen molar-refractivity contribution in [3.8, 4) is 0 Å². The van der Waals surface area contributed by atoms with Gasteiger partial charge in [-0.1, -0.05) is 29.8 Å². The molecule has 1 aromatic heterocycles. The van der Waals surface area contributed by atoms with Gasteiger partial charge in [0, 0.05) is 59.5 Å². The summed E-state index contributed by atoms with van der Waals surface area (Å²) in [6.45, 7) is 4.16. The summed E-state index contributed by atoms with van der Waals surface area (Å²) in [6.07, 6.45) is 5.39. The number of pyridine rings is 1. The Balaban J connectivity index is 1.32. The Morgan fingerprint density at radius 2 is 1.77 bits per heavy atom. The highest BCUT2D eigenvalue weighted by Crippen LogP contribution is 2.25. The van der Waals surface area contributed by atoms with E-state index in [2.05, 4.69) is 45.6 Å². The minimum atomic E-state index is -0.126. The van der Waals surface area contributed by atoms with E-state index in [0.29, 0.717) is 17.6 Å². The van der Waals surface area contributed by atoms with Gasteiger partial charge in [-0.15, -0.1) is 0 Å². The fourth-order valence-electron chi connectivity index (χ4n) is 3.99. The summed E-state index contributed by atoms with van der Waals surface area (Å²) in [5.74, 6) is -0.126. The molecule has 3 aromatic rings. The third kappa shape index (κ3) is 5.63. The Labute approximate surface area is 188 Å². The molecule has 1 atom stereocenters. The lowest BCUT2D eigenvalue weighted by Gasteiger charge is -2.35. The molecule has 0 unspecified atom stereocenters. The molecule has 2 heterocycles. The van der Waals surface area contributed by atoms with E-state index >= 15 is 0 Å². The molecule has 160 valence electrons. The third-order valence-electron chi connectivity index (χ3n) is 5.76. The van der Waals surface area contributed by atoms with E-state index in [-0.39, 0.29) is 5.91 Å². The van der Waals surface area contributed by atoms with E-state index in [4.69, 9.17) is 11.6 Å². The van der Waals surface area contributed by atoms with Gasteiger partial charge in [-0.05, 0) is 67.8 Å². The lowest BCUT2D eigenvalue weighted by atomic mass is 10.0. The Morgan fingerprint density at radius 3 is 2.48 bits per heavy atom. The summed E-state index contributed by atoms with van der Waals surface area (Å²) >= 11 is 6.00. The number of aromatic nitrogens is 1. The highest BCUT2D eigenvalue weighted by atomic mass is 35.5. The van der Waals surface area contributed by atoms with Crippen LogP contribution in [0.2, 0.25) is 5.02 Å². The van der Waals surface area contributed by atoms with Gasteiger partial charge in [0.2, 0.25) is 0 Å². The van der Waals surface area contributed by atoms with Crippen LogP contribution in [0, 0.1) is 0 Å². The zero-order valence-corrected chi connectivity index (χ0v) is 18.3. The summed E-state index contributed by atoms with van der Waals surface area (Å²) in [5, 5.41) is 7.50. The number of piperidine rings is 1. The second kappa shape index (κ2) is 9.94. The number of carbonyl (C=O) groups is 1. The van der Waals surface area contributed by atoms with Gasteiger partial charge in [0.25, 0.3) is 5.91 Å². The lowest BCUT2D eigenvalue weighted by molar-refractivity contribution is 0.102. The molecule has 4 rings (SSSR count). The average molecular weight is 435 g/mol. The second-order valence-corrected chi connectivity index (χ2v) is 8.38. The summed E-state index contributed by atoms with van der Waals surface area (Å²) in [5.41, 5.74) is 3.79. The van der Waals surface area contributed by atoms with Crippen molar-refractivity contribution in [2.24, 2.45) is 0 Å². The molecule has 2 aromatic carbocycles. The predicted octanol–water partition coefficient (Wildman–Crippen LogP) is 5.31. The Bertz CT molecular complexity index is 1000. The standard InChI is InChI=1S/C25H27ClN4O/c1-18(19-5-7-21(26)8-6-19)28-22-11-15-30(16-12-22)24-4-2-3-23(17-24)29-25(31)20-9-13-27-14-10-20/h2-10,13-14,17-18,22,28H,11-12,15-16H2,1H3,(H,29,31)/t18-/m1/s1. The minimum absolute atomic E-state index is 0.126. The Morgan fingerprint density at radius 1 is 1.06 bits per heavy atom. The van der Waals surface area contributed by atoms with Crippen LogP contribution >= 0.6 is 11.6 Å². The van der Waals surface area contributed by atoms with Crippen molar-refractivity contribution in [3.63, 3.8) is 0 Å². The molecule has 0 radical (unpaired) electrons.